The van der Waals surface area contributed by atoms with E-state index in [-0.39, 0.29) is 18.1 Å². The molecule has 1 fully saturated rings. The summed E-state index contributed by atoms with van der Waals surface area (Å²) in [6, 6.07) is 5.98. The second-order valence-electron chi connectivity index (χ2n) is 6.11. The standard InChI is InChI=1S/C17H22N2O2/c1-10-11(2)18-16-8-3-12(9-15(10)16)17(21)19-13-4-6-14(20)7-5-13/h3,8-9,13-14,18,20H,4-7H2,1-2H3,(H,19,21). The van der Waals surface area contributed by atoms with Crippen LogP contribution >= 0.6 is 0 Å². The number of hydrogen-bond donors (Lipinski definition) is 3. The maximum absolute atomic E-state index is 12.4. The van der Waals surface area contributed by atoms with Crippen molar-refractivity contribution in [1.29, 1.82) is 0 Å². The molecule has 4 heteroatoms. The summed E-state index contributed by atoms with van der Waals surface area (Å²) in [6.45, 7) is 4.11. The molecule has 0 radical (unpaired) electrons. The molecular weight excluding hydrogens is 264 g/mol. The molecule has 0 saturated heterocycles. The van der Waals surface area contributed by atoms with E-state index in [0.29, 0.717) is 5.56 Å². The second kappa shape index (κ2) is 5.53. The van der Waals surface area contributed by atoms with E-state index in [4.69, 9.17) is 0 Å². The SMILES string of the molecule is Cc1[nH]c2ccc(C(=O)NC3CCC(O)CC3)cc2c1C. The number of aryl methyl sites for hydroxylation is 2. The van der Waals surface area contributed by atoms with E-state index in [1.165, 1.54) is 5.56 Å². The lowest BCUT2D eigenvalue weighted by Crippen LogP contribution is -2.38. The van der Waals surface area contributed by atoms with Gasteiger partial charge in [-0.2, -0.15) is 0 Å². The summed E-state index contributed by atoms with van der Waals surface area (Å²) in [5, 5.41) is 13.7. The first kappa shape index (κ1) is 14.1. The first-order valence-corrected chi connectivity index (χ1v) is 7.62. The lowest BCUT2D eigenvalue weighted by atomic mass is 9.93. The van der Waals surface area contributed by atoms with Gasteiger partial charge < -0.3 is 15.4 Å². The molecule has 0 aliphatic heterocycles. The number of rotatable bonds is 2. The van der Waals surface area contributed by atoms with E-state index in [1.807, 2.05) is 25.1 Å². The Morgan fingerprint density at radius 3 is 2.67 bits per heavy atom. The van der Waals surface area contributed by atoms with Crippen LogP contribution in [-0.4, -0.2) is 28.1 Å². The Morgan fingerprint density at radius 1 is 1.24 bits per heavy atom. The predicted octanol–water partition coefficient (Wildman–Crippen LogP) is 2.82. The van der Waals surface area contributed by atoms with Crippen LogP contribution in [-0.2, 0) is 0 Å². The maximum Gasteiger partial charge on any atom is 0.251 e. The topological polar surface area (TPSA) is 65.1 Å². The molecule has 0 atom stereocenters. The second-order valence-corrected chi connectivity index (χ2v) is 6.11. The molecule has 112 valence electrons. The van der Waals surface area contributed by atoms with Gasteiger partial charge in [-0.1, -0.05) is 0 Å². The Hall–Kier alpha value is -1.81. The van der Waals surface area contributed by atoms with Crippen molar-refractivity contribution in [1.82, 2.24) is 10.3 Å². The molecule has 0 unspecified atom stereocenters. The molecule has 0 bridgehead atoms. The first-order valence-electron chi connectivity index (χ1n) is 7.62. The van der Waals surface area contributed by atoms with Crippen molar-refractivity contribution in [3.05, 3.63) is 35.0 Å². The first-order chi connectivity index (χ1) is 10.0. The van der Waals surface area contributed by atoms with Gasteiger partial charge in [-0.3, -0.25) is 4.79 Å². The minimum absolute atomic E-state index is 0.0171. The highest BCUT2D eigenvalue weighted by molar-refractivity contribution is 5.99. The van der Waals surface area contributed by atoms with Crippen LogP contribution in [0.2, 0.25) is 0 Å². The number of carbonyl (C=O) groups excluding carboxylic acids is 1. The normalized spacial score (nSPS) is 22.4. The van der Waals surface area contributed by atoms with Gasteiger partial charge in [0.15, 0.2) is 0 Å². The fourth-order valence-corrected chi connectivity index (χ4v) is 3.09. The van der Waals surface area contributed by atoms with Gasteiger partial charge in [-0.05, 0) is 63.3 Å². The Balaban J connectivity index is 1.76. The largest absolute Gasteiger partial charge is 0.393 e. The molecule has 3 N–H and O–H groups in total. The average molecular weight is 286 g/mol. The zero-order valence-corrected chi connectivity index (χ0v) is 12.6. The quantitative estimate of drug-likeness (QED) is 0.795. The minimum atomic E-state index is -0.194. The highest BCUT2D eigenvalue weighted by Gasteiger charge is 2.21. The van der Waals surface area contributed by atoms with Gasteiger partial charge >= 0.3 is 0 Å². The summed E-state index contributed by atoms with van der Waals surface area (Å²) in [5.74, 6) is -0.0171. The number of aromatic nitrogens is 1. The number of amides is 1. The number of nitrogens with one attached hydrogen (secondary N) is 2. The highest BCUT2D eigenvalue weighted by Crippen LogP contribution is 2.23. The summed E-state index contributed by atoms with van der Waals surface area (Å²) in [5.41, 5.74) is 4.11. The summed E-state index contributed by atoms with van der Waals surface area (Å²) < 4.78 is 0. The smallest absolute Gasteiger partial charge is 0.251 e. The van der Waals surface area contributed by atoms with Gasteiger partial charge in [0, 0.05) is 28.2 Å². The van der Waals surface area contributed by atoms with Crippen molar-refractivity contribution in [2.75, 3.05) is 0 Å². The van der Waals surface area contributed by atoms with Crippen LogP contribution in [0.3, 0.4) is 0 Å². The van der Waals surface area contributed by atoms with Gasteiger partial charge in [-0.15, -0.1) is 0 Å². The van der Waals surface area contributed by atoms with E-state index >= 15 is 0 Å². The number of H-pyrrole nitrogens is 1. The molecule has 1 amide bonds. The zero-order chi connectivity index (χ0) is 15.0. The zero-order valence-electron chi connectivity index (χ0n) is 12.6. The molecule has 0 spiro atoms. The van der Waals surface area contributed by atoms with Gasteiger partial charge in [0.2, 0.25) is 0 Å². The monoisotopic (exact) mass is 286 g/mol. The molecule has 1 aromatic carbocycles. The van der Waals surface area contributed by atoms with Crippen molar-refractivity contribution in [2.24, 2.45) is 0 Å². The van der Waals surface area contributed by atoms with Crippen molar-refractivity contribution >= 4 is 16.8 Å². The number of carbonyl (C=O) groups is 1. The van der Waals surface area contributed by atoms with Crippen LogP contribution in [0.1, 0.15) is 47.3 Å². The minimum Gasteiger partial charge on any atom is -0.393 e. The molecule has 3 rings (SSSR count). The van der Waals surface area contributed by atoms with Crippen LogP contribution in [0.4, 0.5) is 0 Å². The van der Waals surface area contributed by atoms with E-state index in [1.54, 1.807) is 0 Å². The predicted molar refractivity (Wildman–Crippen MR) is 83.5 cm³/mol. The average Bonchev–Trinajstić information content (AvgIpc) is 2.76. The number of aliphatic hydroxyl groups excluding tert-OH is 1. The third-order valence-electron chi connectivity index (χ3n) is 4.60. The van der Waals surface area contributed by atoms with E-state index < -0.39 is 0 Å². The fraction of sp³-hybridized carbons (Fsp3) is 0.471. The molecule has 1 saturated carbocycles. The van der Waals surface area contributed by atoms with Crippen molar-refractivity contribution in [2.45, 2.75) is 51.7 Å². The van der Waals surface area contributed by atoms with Crippen LogP contribution < -0.4 is 5.32 Å². The molecule has 4 nitrogen and oxygen atoms in total. The summed E-state index contributed by atoms with van der Waals surface area (Å²) >= 11 is 0. The molecule has 1 heterocycles. The molecule has 1 aromatic heterocycles. The molecular formula is C17H22N2O2. The van der Waals surface area contributed by atoms with E-state index in [9.17, 15) is 9.90 Å². The third kappa shape index (κ3) is 2.81. The van der Waals surface area contributed by atoms with E-state index in [2.05, 4.69) is 17.2 Å². The maximum atomic E-state index is 12.4. The Bertz CT molecular complexity index is 667. The van der Waals surface area contributed by atoms with Gasteiger partial charge in [0.05, 0.1) is 6.10 Å². The summed E-state index contributed by atoms with van der Waals surface area (Å²) in [6.07, 6.45) is 3.08. The number of aromatic amines is 1. The Labute approximate surface area is 124 Å². The highest BCUT2D eigenvalue weighted by atomic mass is 16.3. The summed E-state index contributed by atoms with van der Waals surface area (Å²) in [7, 11) is 0. The summed E-state index contributed by atoms with van der Waals surface area (Å²) in [4.78, 5) is 15.7. The van der Waals surface area contributed by atoms with Gasteiger partial charge in [0.1, 0.15) is 0 Å². The Kier molecular flexibility index (Phi) is 3.72. The Morgan fingerprint density at radius 2 is 1.95 bits per heavy atom. The van der Waals surface area contributed by atoms with Crippen molar-refractivity contribution < 1.29 is 9.90 Å². The molecule has 1 aliphatic carbocycles. The van der Waals surface area contributed by atoms with Crippen LogP contribution in [0, 0.1) is 13.8 Å². The molecule has 1 aliphatic rings. The van der Waals surface area contributed by atoms with Crippen LogP contribution in [0.25, 0.3) is 10.9 Å². The number of fused-ring (bicyclic) bond motifs is 1. The van der Waals surface area contributed by atoms with Crippen LogP contribution in [0.5, 0.6) is 0 Å². The van der Waals surface area contributed by atoms with Gasteiger partial charge in [0.25, 0.3) is 5.91 Å². The molecule has 21 heavy (non-hydrogen) atoms. The fourth-order valence-electron chi connectivity index (χ4n) is 3.09. The van der Waals surface area contributed by atoms with Crippen molar-refractivity contribution in [3.63, 3.8) is 0 Å². The third-order valence-corrected chi connectivity index (χ3v) is 4.60. The lowest BCUT2D eigenvalue weighted by molar-refractivity contribution is 0.0868. The number of aliphatic hydroxyl groups is 1. The number of benzene rings is 1. The van der Waals surface area contributed by atoms with Gasteiger partial charge in [-0.25, -0.2) is 0 Å². The van der Waals surface area contributed by atoms with Crippen LogP contribution in [0.15, 0.2) is 18.2 Å². The number of hydrogen-bond acceptors (Lipinski definition) is 2. The molecule has 2 aromatic rings. The van der Waals surface area contributed by atoms with E-state index in [0.717, 1.165) is 42.3 Å². The lowest BCUT2D eigenvalue weighted by Gasteiger charge is -2.26. The van der Waals surface area contributed by atoms with Crippen molar-refractivity contribution in [3.8, 4) is 0 Å².